The van der Waals surface area contributed by atoms with Gasteiger partial charge < -0.3 is 30.5 Å². The summed E-state index contributed by atoms with van der Waals surface area (Å²) in [4.78, 5) is 11.9. The van der Waals surface area contributed by atoms with E-state index < -0.39 is 43.2 Å². The Kier molecular flexibility index (Phi) is 15.2. The maximum absolute atomic E-state index is 11.9. The van der Waals surface area contributed by atoms with Crippen molar-refractivity contribution in [2.75, 3.05) is 6.61 Å². The molecule has 0 aromatic rings. The standard InChI is InChI=1S/C26H41NO6/c1-2-3-4-5-6-7-8-9-10-11-12-13-14-15-16-17-18-19-22(29)27-23-25(31)24(30)21(20-28)33-26(23)32/h10-19,21,23-26,28,30-32H,2-9,20H2,1H3,(H,27,29)/t21-,23-,24-,25-,26?/m1/s1/i1D. The number of unbranched alkanes of at least 4 members (excludes halogenated alkanes) is 7. The lowest BCUT2D eigenvalue weighted by Gasteiger charge is -2.40. The molecule has 5 N–H and O–H groups in total. The number of carbonyl (C=O) groups excluding carboxylic acids is 1. The number of ether oxygens (including phenoxy) is 1. The first-order chi connectivity index (χ1) is 16.5. The van der Waals surface area contributed by atoms with Crippen LogP contribution in [0, 0.1) is 0 Å². The minimum absolute atomic E-state index is 0.552. The van der Waals surface area contributed by atoms with Crippen molar-refractivity contribution in [2.45, 2.75) is 88.9 Å². The van der Waals surface area contributed by atoms with Crippen LogP contribution in [0.2, 0.25) is 0 Å². The average Bonchev–Trinajstić information content (AvgIpc) is 2.83. The van der Waals surface area contributed by atoms with Crippen molar-refractivity contribution in [2.24, 2.45) is 0 Å². The van der Waals surface area contributed by atoms with Gasteiger partial charge in [0.15, 0.2) is 6.29 Å². The molecule has 0 aliphatic carbocycles. The summed E-state index contributed by atoms with van der Waals surface area (Å²) >= 11 is 0. The molecule has 0 radical (unpaired) electrons. The number of aliphatic hydroxyl groups excluding tert-OH is 4. The first-order valence-corrected chi connectivity index (χ1v) is 11.7. The molecule has 1 heterocycles. The summed E-state index contributed by atoms with van der Waals surface area (Å²) in [7, 11) is 0. The van der Waals surface area contributed by atoms with Crippen LogP contribution >= 0.6 is 0 Å². The van der Waals surface area contributed by atoms with E-state index in [0.29, 0.717) is 6.90 Å². The number of amides is 1. The minimum atomic E-state index is -1.54. The molecule has 186 valence electrons. The van der Waals surface area contributed by atoms with Gasteiger partial charge in [-0.1, -0.05) is 100 Å². The van der Waals surface area contributed by atoms with E-state index in [2.05, 4.69) is 11.4 Å². The predicted octanol–water partition coefficient (Wildman–Crippen LogP) is 2.82. The number of hydrogen-bond donors (Lipinski definition) is 5. The third-order valence-electron chi connectivity index (χ3n) is 5.24. The van der Waals surface area contributed by atoms with Gasteiger partial charge in [0, 0.05) is 7.45 Å². The van der Waals surface area contributed by atoms with E-state index >= 15 is 0 Å². The Morgan fingerprint density at radius 3 is 2.15 bits per heavy atom. The molecule has 33 heavy (non-hydrogen) atoms. The van der Waals surface area contributed by atoms with E-state index in [1.807, 2.05) is 30.4 Å². The molecular weight excluding hydrogens is 422 g/mol. The zero-order valence-electron chi connectivity index (χ0n) is 20.3. The van der Waals surface area contributed by atoms with Crippen LogP contribution in [0.5, 0.6) is 0 Å². The van der Waals surface area contributed by atoms with Crippen molar-refractivity contribution in [3.8, 4) is 0 Å². The Morgan fingerprint density at radius 1 is 0.879 bits per heavy atom. The number of aliphatic hydroxyl groups is 4. The van der Waals surface area contributed by atoms with E-state index in [1.54, 1.807) is 12.2 Å². The number of carbonyl (C=O) groups is 1. The Labute approximate surface area is 199 Å². The molecule has 0 aromatic carbocycles. The van der Waals surface area contributed by atoms with Gasteiger partial charge in [0.2, 0.25) is 5.91 Å². The monoisotopic (exact) mass is 464 g/mol. The van der Waals surface area contributed by atoms with E-state index in [-0.39, 0.29) is 0 Å². The topological polar surface area (TPSA) is 119 Å². The SMILES string of the molecule is [2H]CCCCCCCCCC=CC=CC=CC=CC=CC(=O)N[C@H]1C(O)O[C@H](CO)[C@@H](O)[C@@H]1O. The van der Waals surface area contributed by atoms with Crippen molar-refractivity contribution < 1.29 is 31.3 Å². The van der Waals surface area contributed by atoms with Crippen molar-refractivity contribution in [1.82, 2.24) is 5.32 Å². The second-order valence-corrected chi connectivity index (χ2v) is 7.97. The fourth-order valence-electron chi connectivity index (χ4n) is 3.31. The number of allylic oxidation sites excluding steroid dienone is 9. The van der Waals surface area contributed by atoms with Crippen molar-refractivity contribution >= 4 is 5.91 Å². The molecule has 1 amide bonds. The van der Waals surface area contributed by atoms with Gasteiger partial charge in [-0.15, -0.1) is 0 Å². The number of rotatable bonds is 15. The average molecular weight is 465 g/mol. The molecule has 0 aromatic heterocycles. The van der Waals surface area contributed by atoms with Gasteiger partial charge in [-0.05, 0) is 12.8 Å². The summed E-state index contributed by atoms with van der Waals surface area (Å²) in [5.74, 6) is -0.566. The molecular formula is C26H41NO6. The van der Waals surface area contributed by atoms with Crippen LogP contribution in [0.4, 0.5) is 0 Å². The van der Waals surface area contributed by atoms with Crippen molar-refractivity contribution in [3.63, 3.8) is 0 Å². The molecule has 1 fully saturated rings. The smallest absolute Gasteiger partial charge is 0.244 e. The predicted molar refractivity (Wildman–Crippen MR) is 130 cm³/mol. The Hall–Kier alpha value is -2.03. The van der Waals surface area contributed by atoms with Gasteiger partial charge >= 0.3 is 0 Å². The third kappa shape index (κ3) is 12.7. The van der Waals surface area contributed by atoms with Crippen LogP contribution in [0.1, 0.15) is 59.6 Å². The summed E-state index contributed by atoms with van der Waals surface area (Å²) in [6.45, 7) is -0.00875. The lowest BCUT2D eigenvalue weighted by Crippen LogP contribution is -2.64. The van der Waals surface area contributed by atoms with E-state index in [9.17, 15) is 20.1 Å². The normalized spacial score (nSPS) is 26.9. The highest BCUT2D eigenvalue weighted by atomic mass is 16.6. The molecule has 0 spiro atoms. The van der Waals surface area contributed by atoms with E-state index in [1.165, 1.54) is 50.7 Å². The Bertz CT molecular complexity index is 691. The molecule has 5 atom stereocenters. The molecule has 1 aliphatic rings. The second-order valence-electron chi connectivity index (χ2n) is 7.97. The largest absolute Gasteiger partial charge is 0.394 e. The van der Waals surface area contributed by atoms with E-state index in [4.69, 9.17) is 11.2 Å². The molecule has 1 rings (SSSR count). The minimum Gasteiger partial charge on any atom is -0.394 e. The molecule has 1 saturated heterocycles. The van der Waals surface area contributed by atoms with Crippen LogP contribution in [-0.4, -0.2) is 63.6 Å². The van der Waals surface area contributed by atoms with Crippen LogP contribution in [-0.2, 0) is 9.53 Å². The molecule has 7 heteroatoms. The molecule has 0 bridgehead atoms. The van der Waals surface area contributed by atoms with Crippen LogP contribution in [0.25, 0.3) is 0 Å². The lowest BCUT2D eigenvalue weighted by atomic mass is 9.97. The fraction of sp³-hybridized carbons (Fsp3) is 0.577. The number of hydrogen-bond acceptors (Lipinski definition) is 6. The van der Waals surface area contributed by atoms with Gasteiger partial charge in [0.05, 0.1) is 6.61 Å². The Morgan fingerprint density at radius 2 is 1.48 bits per heavy atom. The first-order valence-electron chi connectivity index (χ1n) is 12.5. The second kappa shape index (κ2) is 18.4. The highest BCUT2D eigenvalue weighted by molar-refractivity contribution is 5.88. The first kappa shape index (κ1) is 27.2. The summed E-state index contributed by atoms with van der Waals surface area (Å²) < 4.78 is 12.1. The molecule has 1 unspecified atom stereocenters. The number of nitrogens with one attached hydrogen (secondary N) is 1. The van der Waals surface area contributed by atoms with E-state index in [0.717, 1.165) is 12.8 Å². The summed E-state index contributed by atoms with van der Waals surface area (Å²) in [5, 5.41) is 41.1. The van der Waals surface area contributed by atoms with Crippen LogP contribution < -0.4 is 5.32 Å². The molecule has 7 nitrogen and oxygen atoms in total. The van der Waals surface area contributed by atoms with Gasteiger partial charge in [0.1, 0.15) is 24.4 Å². The third-order valence-corrected chi connectivity index (χ3v) is 5.24. The zero-order valence-corrected chi connectivity index (χ0v) is 19.3. The highest BCUT2D eigenvalue weighted by Gasteiger charge is 2.44. The van der Waals surface area contributed by atoms with Crippen LogP contribution in [0.15, 0.2) is 60.8 Å². The van der Waals surface area contributed by atoms with Gasteiger partial charge in [0.25, 0.3) is 0 Å². The fourth-order valence-corrected chi connectivity index (χ4v) is 3.31. The Balaban J connectivity index is 2.17. The van der Waals surface area contributed by atoms with Gasteiger partial charge in [-0.2, -0.15) is 0 Å². The molecule has 1 aliphatic heterocycles. The summed E-state index contributed by atoms with van der Waals surface area (Å²) in [5.41, 5.74) is 0. The highest BCUT2D eigenvalue weighted by Crippen LogP contribution is 2.19. The summed E-state index contributed by atoms with van der Waals surface area (Å²) in [6.07, 6.45) is 21.9. The van der Waals surface area contributed by atoms with Crippen molar-refractivity contribution in [1.29, 1.82) is 0 Å². The quantitative estimate of drug-likeness (QED) is 0.144. The maximum Gasteiger partial charge on any atom is 0.244 e. The maximum atomic E-state index is 11.9. The van der Waals surface area contributed by atoms with Gasteiger partial charge in [-0.25, -0.2) is 0 Å². The van der Waals surface area contributed by atoms with Crippen LogP contribution in [0.3, 0.4) is 0 Å². The molecule has 0 saturated carbocycles. The summed E-state index contributed by atoms with van der Waals surface area (Å²) in [6, 6.07) is -1.21. The van der Waals surface area contributed by atoms with Gasteiger partial charge in [-0.3, -0.25) is 4.79 Å². The lowest BCUT2D eigenvalue weighted by molar-refractivity contribution is -0.253. The van der Waals surface area contributed by atoms with Crippen molar-refractivity contribution in [3.05, 3.63) is 60.8 Å². The zero-order chi connectivity index (χ0) is 25.0.